The van der Waals surface area contributed by atoms with E-state index in [0.717, 1.165) is 50.7 Å². The number of fused-ring (bicyclic) bond motifs is 4. The second kappa shape index (κ2) is 9.34. The second-order valence-corrected chi connectivity index (χ2v) is 18.2. The third-order valence-electron chi connectivity index (χ3n) is 6.22. The molecule has 1 aliphatic heterocycles. The van der Waals surface area contributed by atoms with Crippen molar-refractivity contribution >= 4 is 58.1 Å². The van der Waals surface area contributed by atoms with Gasteiger partial charge in [0.2, 0.25) is 0 Å². The molecule has 0 bridgehead atoms. The smallest absolute Gasteiger partial charge is 0.303 e. The monoisotopic (exact) mass is 530 g/mol. The van der Waals surface area contributed by atoms with Gasteiger partial charge in [0.05, 0.1) is 34.9 Å². The predicted molar refractivity (Wildman–Crippen MR) is 143 cm³/mol. The largest absolute Gasteiger partial charge is 0.610 e. The van der Waals surface area contributed by atoms with Gasteiger partial charge in [-0.2, -0.15) is 15.2 Å². The number of ether oxygens (including phenoxy) is 1. The van der Waals surface area contributed by atoms with Crippen LogP contribution in [0.4, 0.5) is 0 Å². The van der Waals surface area contributed by atoms with Crippen molar-refractivity contribution in [2.45, 2.75) is 49.5 Å². The van der Waals surface area contributed by atoms with Crippen LogP contribution in [-0.2, 0) is 36.2 Å². The highest BCUT2D eigenvalue weighted by molar-refractivity contribution is 7.92. The number of aliphatic hydroxyl groups excluding tert-OH is 1. The van der Waals surface area contributed by atoms with Crippen LogP contribution in [0, 0.1) is 0 Å². The fourth-order valence-corrected chi connectivity index (χ4v) is 6.78. The summed E-state index contributed by atoms with van der Waals surface area (Å²) in [6, 6.07) is 7.19. The Labute approximate surface area is 212 Å². The average molecular weight is 531 g/mol. The highest BCUT2D eigenvalue weighted by Crippen LogP contribution is 2.38. The van der Waals surface area contributed by atoms with E-state index in [-0.39, 0.29) is 0 Å². The number of aromatic nitrogens is 4. The molecule has 5 rings (SSSR count). The van der Waals surface area contributed by atoms with Crippen LogP contribution in [0.25, 0.3) is 21.3 Å². The lowest BCUT2D eigenvalue weighted by Gasteiger charge is -2.29. The molecule has 3 aromatic heterocycles. The molecule has 0 fully saturated rings. The number of rotatable bonds is 8. The molecule has 0 radical (unpaired) electrons. The Morgan fingerprint density at radius 3 is 2.83 bits per heavy atom. The number of hydrogen-bond acceptors (Lipinski definition) is 8. The van der Waals surface area contributed by atoms with E-state index < -0.39 is 25.5 Å². The first-order valence-electron chi connectivity index (χ1n) is 11.5. The van der Waals surface area contributed by atoms with Crippen molar-refractivity contribution in [3.8, 4) is 0 Å². The van der Waals surface area contributed by atoms with Crippen LogP contribution >= 0.6 is 11.3 Å². The lowest BCUT2D eigenvalue weighted by atomic mass is 10.1. The van der Waals surface area contributed by atoms with Crippen molar-refractivity contribution in [2.75, 3.05) is 12.9 Å². The summed E-state index contributed by atoms with van der Waals surface area (Å²) in [5.41, 5.74) is 4.31. The molecular formula is C23H30N6O3S2Si. The normalized spacial score (nSPS) is 17.0. The zero-order valence-corrected chi connectivity index (χ0v) is 23.2. The maximum atomic E-state index is 11.9. The van der Waals surface area contributed by atoms with Crippen LogP contribution in [0.15, 0.2) is 33.8 Å². The SMILES string of the molecule is Cn1c2c(c3sc([S+](C)[O-])nc31)C=NN(Cc1cccc3c1cnn3COCC[Si](C)(C)C)C2O. The maximum absolute atomic E-state index is 11.9. The van der Waals surface area contributed by atoms with E-state index in [1.165, 1.54) is 11.3 Å². The average Bonchev–Trinajstić information content (AvgIpc) is 3.48. The first-order valence-corrected chi connectivity index (χ1v) is 17.5. The standard InChI is InChI=1S/C23H30N6O3S2Si/c1-27-19-17(20-21(27)26-23(33-20)34(2)31)12-24-28(22(19)30)13-15-7-6-8-18-16(15)11-25-29(18)14-32-9-10-35(3,4)5/h6-8,11-12,22,30H,9-10,13-14H2,1-5H3. The minimum atomic E-state index is -1.15. The molecule has 2 atom stereocenters. The van der Waals surface area contributed by atoms with Crippen molar-refractivity contribution in [3.63, 3.8) is 0 Å². The van der Waals surface area contributed by atoms with E-state index in [2.05, 4.69) is 34.8 Å². The van der Waals surface area contributed by atoms with Gasteiger partial charge in [-0.3, -0.25) is 5.01 Å². The van der Waals surface area contributed by atoms with Crippen LogP contribution in [-0.4, -0.2) is 61.2 Å². The van der Waals surface area contributed by atoms with Gasteiger partial charge in [-0.1, -0.05) is 43.1 Å². The van der Waals surface area contributed by atoms with Gasteiger partial charge in [0, 0.05) is 43.9 Å². The molecule has 9 nitrogen and oxygen atoms in total. The molecule has 0 amide bonds. The lowest BCUT2D eigenvalue weighted by molar-refractivity contribution is -0.00973. The first-order chi connectivity index (χ1) is 16.6. The molecule has 35 heavy (non-hydrogen) atoms. The van der Waals surface area contributed by atoms with Gasteiger partial charge < -0.3 is 19.0 Å². The van der Waals surface area contributed by atoms with E-state index in [1.54, 1.807) is 17.5 Å². The van der Waals surface area contributed by atoms with Crippen LogP contribution < -0.4 is 0 Å². The molecule has 0 spiro atoms. The third-order valence-corrected chi connectivity index (χ3v) is 10.3. The summed E-state index contributed by atoms with van der Waals surface area (Å²) in [6.07, 6.45) is 4.32. The lowest BCUT2D eigenvalue weighted by Crippen LogP contribution is -2.29. The van der Waals surface area contributed by atoms with Crippen LogP contribution in [0.3, 0.4) is 0 Å². The molecule has 12 heteroatoms. The van der Waals surface area contributed by atoms with Crippen molar-refractivity contribution in [1.82, 2.24) is 24.3 Å². The Hall–Kier alpha value is -2.22. The number of aliphatic hydroxyl groups is 1. The van der Waals surface area contributed by atoms with Gasteiger partial charge in [0.1, 0.15) is 13.0 Å². The van der Waals surface area contributed by atoms with Crippen LogP contribution in [0.1, 0.15) is 23.0 Å². The van der Waals surface area contributed by atoms with E-state index in [1.807, 2.05) is 40.7 Å². The Bertz CT molecular complexity index is 1400. The summed E-state index contributed by atoms with van der Waals surface area (Å²) >= 11 is 0.240. The fourth-order valence-electron chi connectivity index (χ4n) is 4.24. The Kier molecular flexibility index (Phi) is 6.53. The Balaban J connectivity index is 1.36. The minimum absolute atomic E-state index is 0.420. The van der Waals surface area contributed by atoms with Gasteiger partial charge in [0.15, 0.2) is 11.9 Å². The summed E-state index contributed by atoms with van der Waals surface area (Å²) in [6.45, 7) is 8.60. The highest BCUT2D eigenvalue weighted by atomic mass is 32.2. The summed E-state index contributed by atoms with van der Waals surface area (Å²) in [5, 5.41) is 23.0. The molecule has 4 heterocycles. The summed E-state index contributed by atoms with van der Waals surface area (Å²) < 4.78 is 23.0. The zero-order chi connectivity index (χ0) is 24.9. The number of hydrogen-bond donors (Lipinski definition) is 1. The van der Waals surface area contributed by atoms with E-state index in [0.29, 0.717) is 17.6 Å². The maximum Gasteiger partial charge on any atom is 0.303 e. The highest BCUT2D eigenvalue weighted by Gasteiger charge is 2.31. The van der Waals surface area contributed by atoms with Crippen molar-refractivity contribution in [1.29, 1.82) is 0 Å². The number of nitrogens with zero attached hydrogens (tertiary/aromatic N) is 6. The van der Waals surface area contributed by atoms with Crippen LogP contribution in [0.5, 0.6) is 0 Å². The fraction of sp³-hybridized carbons (Fsp3) is 0.435. The van der Waals surface area contributed by atoms with E-state index in [9.17, 15) is 9.66 Å². The molecule has 1 aromatic carbocycles. The number of benzene rings is 1. The summed E-state index contributed by atoms with van der Waals surface area (Å²) in [7, 11) is 0.738. The van der Waals surface area contributed by atoms with Gasteiger partial charge in [-0.05, 0) is 17.7 Å². The van der Waals surface area contributed by atoms with Crippen molar-refractivity contribution < 1.29 is 14.4 Å². The van der Waals surface area contributed by atoms with Gasteiger partial charge in [-0.25, -0.2) is 4.68 Å². The molecule has 1 N–H and O–H groups in total. The molecule has 186 valence electrons. The molecule has 2 unspecified atom stereocenters. The minimum Gasteiger partial charge on any atom is -0.610 e. The third kappa shape index (κ3) is 4.66. The number of aryl methyl sites for hydroxylation is 1. The number of thiazole rings is 1. The van der Waals surface area contributed by atoms with Gasteiger partial charge in [0.25, 0.3) is 0 Å². The number of hydrazone groups is 1. The molecule has 0 aliphatic carbocycles. The van der Waals surface area contributed by atoms with E-state index >= 15 is 0 Å². The Morgan fingerprint density at radius 2 is 2.09 bits per heavy atom. The topological polar surface area (TPSA) is 104 Å². The summed E-state index contributed by atoms with van der Waals surface area (Å²) in [5.74, 6) is 0. The predicted octanol–water partition coefficient (Wildman–Crippen LogP) is 3.87. The first kappa shape index (κ1) is 24.5. The quantitative estimate of drug-likeness (QED) is 0.211. The second-order valence-electron chi connectivity index (χ2n) is 10.0. The van der Waals surface area contributed by atoms with Gasteiger partial charge >= 0.3 is 4.34 Å². The van der Waals surface area contributed by atoms with Crippen molar-refractivity contribution in [3.05, 3.63) is 41.2 Å². The van der Waals surface area contributed by atoms with Crippen LogP contribution in [0.2, 0.25) is 25.7 Å². The molecule has 4 aromatic rings. The molecular weight excluding hydrogens is 501 g/mol. The van der Waals surface area contributed by atoms with Crippen molar-refractivity contribution in [2.24, 2.45) is 12.1 Å². The molecule has 0 saturated carbocycles. The zero-order valence-electron chi connectivity index (χ0n) is 20.6. The Morgan fingerprint density at radius 1 is 1.29 bits per heavy atom. The molecule has 0 saturated heterocycles. The van der Waals surface area contributed by atoms with Gasteiger partial charge in [-0.15, -0.1) is 0 Å². The summed E-state index contributed by atoms with van der Waals surface area (Å²) in [4.78, 5) is 4.52. The van der Waals surface area contributed by atoms with E-state index in [4.69, 9.17) is 4.74 Å². The molecule has 1 aliphatic rings.